The van der Waals surface area contributed by atoms with Crippen LogP contribution in [0.15, 0.2) is 73.1 Å². The average molecular weight is 425 g/mol. The Balaban J connectivity index is 1.31. The summed E-state index contributed by atoms with van der Waals surface area (Å²) in [7, 11) is 0. The van der Waals surface area contributed by atoms with Gasteiger partial charge in [-0.1, -0.05) is 54.6 Å². The zero-order valence-electron chi connectivity index (χ0n) is 17.6. The Bertz CT molecular complexity index is 1280. The van der Waals surface area contributed by atoms with Crippen LogP contribution in [0.2, 0.25) is 0 Å². The topological polar surface area (TPSA) is 79.6 Å². The summed E-state index contributed by atoms with van der Waals surface area (Å²) in [6.07, 6.45) is 4.81. The van der Waals surface area contributed by atoms with Crippen LogP contribution in [-0.2, 0) is 17.9 Å². The highest BCUT2D eigenvalue weighted by atomic mass is 16.2. The maximum absolute atomic E-state index is 12.9. The predicted octanol–water partition coefficient (Wildman–Crippen LogP) is 3.45. The van der Waals surface area contributed by atoms with Crippen LogP contribution in [0.5, 0.6) is 0 Å². The number of nitrogens with zero attached hydrogens (tertiary/aromatic N) is 4. The van der Waals surface area contributed by atoms with Crippen LogP contribution in [0.3, 0.4) is 0 Å². The van der Waals surface area contributed by atoms with Crippen LogP contribution in [0.25, 0.3) is 16.9 Å². The standard InChI is InChI=1S/C25H23N5O2/c31-23-10-5-13-29(23)17-19-7-4-6-18(14-19)15-27-25(32)21-16-28-30-22(11-12-26-24(21)30)20-8-2-1-3-9-20/h1-4,6-9,11-12,14,16H,5,10,13,15,17H2,(H,27,32). The minimum atomic E-state index is -0.224. The molecule has 0 spiro atoms. The summed E-state index contributed by atoms with van der Waals surface area (Å²) in [6.45, 7) is 1.81. The van der Waals surface area contributed by atoms with E-state index in [2.05, 4.69) is 15.4 Å². The molecule has 1 aliphatic heterocycles. The number of hydrogen-bond acceptors (Lipinski definition) is 4. The smallest absolute Gasteiger partial charge is 0.257 e. The minimum absolute atomic E-state index is 0.208. The number of benzene rings is 2. The number of hydrogen-bond donors (Lipinski definition) is 1. The molecule has 0 saturated carbocycles. The monoisotopic (exact) mass is 425 g/mol. The first kappa shape index (κ1) is 19.9. The Hall–Kier alpha value is -4.00. The van der Waals surface area contributed by atoms with Crippen molar-refractivity contribution in [1.82, 2.24) is 24.8 Å². The van der Waals surface area contributed by atoms with Crippen molar-refractivity contribution in [2.75, 3.05) is 6.54 Å². The summed E-state index contributed by atoms with van der Waals surface area (Å²) in [6, 6.07) is 19.7. The molecule has 160 valence electrons. The summed E-state index contributed by atoms with van der Waals surface area (Å²) in [4.78, 5) is 31.0. The number of aromatic nitrogens is 3. The molecule has 4 aromatic rings. The fourth-order valence-corrected chi connectivity index (χ4v) is 4.09. The lowest BCUT2D eigenvalue weighted by molar-refractivity contribution is -0.128. The molecular weight excluding hydrogens is 402 g/mol. The Kier molecular flexibility index (Phi) is 5.37. The van der Waals surface area contributed by atoms with E-state index in [-0.39, 0.29) is 11.8 Å². The third-order valence-corrected chi connectivity index (χ3v) is 5.70. The number of rotatable bonds is 6. The van der Waals surface area contributed by atoms with Crippen molar-refractivity contribution in [3.63, 3.8) is 0 Å². The van der Waals surface area contributed by atoms with E-state index in [0.29, 0.717) is 30.7 Å². The molecule has 0 unspecified atom stereocenters. The van der Waals surface area contributed by atoms with Crippen molar-refractivity contribution in [3.05, 3.63) is 89.7 Å². The van der Waals surface area contributed by atoms with Gasteiger partial charge in [0.2, 0.25) is 5.91 Å². The molecule has 3 heterocycles. The lowest BCUT2D eigenvalue weighted by atomic mass is 10.1. The number of nitrogens with one attached hydrogen (secondary N) is 1. The second-order valence-corrected chi connectivity index (χ2v) is 7.91. The van der Waals surface area contributed by atoms with Crippen molar-refractivity contribution in [1.29, 1.82) is 0 Å². The van der Waals surface area contributed by atoms with E-state index in [0.717, 1.165) is 35.3 Å². The van der Waals surface area contributed by atoms with Crippen LogP contribution in [-0.4, -0.2) is 37.9 Å². The Morgan fingerprint density at radius 3 is 2.69 bits per heavy atom. The Morgan fingerprint density at radius 2 is 1.88 bits per heavy atom. The van der Waals surface area contributed by atoms with Crippen molar-refractivity contribution in [2.24, 2.45) is 0 Å². The number of carbonyl (C=O) groups excluding carboxylic acids is 2. The number of carbonyl (C=O) groups is 2. The first-order valence-corrected chi connectivity index (χ1v) is 10.7. The molecule has 1 aliphatic rings. The lowest BCUT2D eigenvalue weighted by Crippen LogP contribution is -2.24. The van der Waals surface area contributed by atoms with E-state index in [1.807, 2.05) is 65.6 Å². The second kappa shape index (κ2) is 8.63. The predicted molar refractivity (Wildman–Crippen MR) is 121 cm³/mol. The molecule has 5 rings (SSSR count). The van der Waals surface area contributed by atoms with Crippen LogP contribution >= 0.6 is 0 Å². The Morgan fingerprint density at radius 1 is 1.03 bits per heavy atom. The summed E-state index contributed by atoms with van der Waals surface area (Å²) < 4.78 is 1.69. The van der Waals surface area contributed by atoms with E-state index in [1.165, 1.54) is 0 Å². The van der Waals surface area contributed by atoms with Gasteiger partial charge in [0.1, 0.15) is 5.56 Å². The molecule has 0 bridgehead atoms. The zero-order chi connectivity index (χ0) is 21.9. The lowest BCUT2D eigenvalue weighted by Gasteiger charge is -2.16. The maximum atomic E-state index is 12.9. The van der Waals surface area contributed by atoms with E-state index in [9.17, 15) is 9.59 Å². The first-order valence-electron chi connectivity index (χ1n) is 10.7. The van der Waals surface area contributed by atoms with Crippen molar-refractivity contribution < 1.29 is 9.59 Å². The molecule has 7 nitrogen and oxygen atoms in total. The van der Waals surface area contributed by atoms with Crippen molar-refractivity contribution >= 4 is 17.5 Å². The SMILES string of the molecule is O=C(NCc1cccc(CN2CCCC2=O)c1)c1cnn2c(-c3ccccc3)ccnc12. The summed E-state index contributed by atoms with van der Waals surface area (Å²) in [5.41, 5.74) is 4.88. The highest BCUT2D eigenvalue weighted by Crippen LogP contribution is 2.21. The van der Waals surface area contributed by atoms with Gasteiger partial charge >= 0.3 is 0 Å². The van der Waals surface area contributed by atoms with Gasteiger partial charge in [0.05, 0.1) is 11.9 Å². The third kappa shape index (κ3) is 3.97. The number of fused-ring (bicyclic) bond motifs is 1. The molecule has 2 aromatic carbocycles. The third-order valence-electron chi connectivity index (χ3n) is 5.70. The number of likely N-dealkylation sites (tertiary alicyclic amines) is 1. The summed E-state index contributed by atoms with van der Waals surface area (Å²) in [5, 5.41) is 7.38. The summed E-state index contributed by atoms with van der Waals surface area (Å²) in [5.74, 6) is -0.0167. The molecule has 0 radical (unpaired) electrons. The fraction of sp³-hybridized carbons (Fsp3) is 0.200. The molecule has 2 aromatic heterocycles. The zero-order valence-corrected chi connectivity index (χ0v) is 17.6. The van der Waals surface area contributed by atoms with Gasteiger partial charge in [0, 0.05) is 37.8 Å². The highest BCUT2D eigenvalue weighted by molar-refractivity contribution is 5.99. The largest absolute Gasteiger partial charge is 0.348 e. The molecule has 0 aliphatic carbocycles. The molecule has 0 atom stereocenters. The first-order chi connectivity index (χ1) is 15.7. The molecular formula is C25H23N5O2. The van der Waals surface area contributed by atoms with Crippen LogP contribution < -0.4 is 5.32 Å². The molecule has 7 heteroatoms. The highest BCUT2D eigenvalue weighted by Gasteiger charge is 2.20. The van der Waals surface area contributed by atoms with E-state index in [1.54, 1.807) is 16.9 Å². The Labute approximate surface area is 185 Å². The van der Waals surface area contributed by atoms with Crippen LogP contribution in [0, 0.1) is 0 Å². The molecule has 32 heavy (non-hydrogen) atoms. The van der Waals surface area contributed by atoms with Gasteiger partial charge in [-0.15, -0.1) is 0 Å². The van der Waals surface area contributed by atoms with Gasteiger partial charge in [-0.25, -0.2) is 9.50 Å². The van der Waals surface area contributed by atoms with Crippen LogP contribution in [0.1, 0.15) is 34.3 Å². The van der Waals surface area contributed by atoms with Crippen LogP contribution in [0.4, 0.5) is 0 Å². The van der Waals surface area contributed by atoms with E-state index < -0.39 is 0 Å². The quantitative estimate of drug-likeness (QED) is 0.513. The maximum Gasteiger partial charge on any atom is 0.257 e. The normalized spacial score (nSPS) is 13.6. The fourth-order valence-electron chi connectivity index (χ4n) is 4.09. The van der Waals surface area contributed by atoms with Gasteiger partial charge < -0.3 is 10.2 Å². The average Bonchev–Trinajstić information content (AvgIpc) is 3.44. The van der Waals surface area contributed by atoms with Gasteiger partial charge in [0.25, 0.3) is 5.91 Å². The number of amides is 2. The molecule has 2 amide bonds. The van der Waals surface area contributed by atoms with Gasteiger partial charge in [-0.05, 0) is 23.6 Å². The molecule has 1 fully saturated rings. The molecule has 1 saturated heterocycles. The van der Waals surface area contributed by atoms with Gasteiger partial charge in [-0.3, -0.25) is 9.59 Å². The minimum Gasteiger partial charge on any atom is -0.348 e. The van der Waals surface area contributed by atoms with Gasteiger partial charge in [0.15, 0.2) is 5.65 Å². The van der Waals surface area contributed by atoms with Crippen molar-refractivity contribution in [2.45, 2.75) is 25.9 Å². The van der Waals surface area contributed by atoms with Crippen molar-refractivity contribution in [3.8, 4) is 11.3 Å². The van der Waals surface area contributed by atoms with E-state index >= 15 is 0 Å². The second-order valence-electron chi connectivity index (χ2n) is 7.91. The summed E-state index contributed by atoms with van der Waals surface area (Å²) >= 11 is 0. The van der Waals surface area contributed by atoms with E-state index in [4.69, 9.17) is 0 Å². The molecule has 1 N–H and O–H groups in total. The van der Waals surface area contributed by atoms with Gasteiger partial charge in [-0.2, -0.15) is 5.10 Å².